The average Bonchev–Trinajstić information content (AvgIpc) is 3.39. The summed E-state index contributed by atoms with van der Waals surface area (Å²) >= 11 is 0. The number of aromatic nitrogens is 4. The molecule has 1 unspecified atom stereocenters. The predicted octanol–water partition coefficient (Wildman–Crippen LogP) is 0.712. The predicted molar refractivity (Wildman–Crippen MR) is 101 cm³/mol. The maximum atomic E-state index is 12.8. The number of methoxy groups -OCH3 is 1. The van der Waals surface area contributed by atoms with E-state index in [0.717, 1.165) is 10.4 Å². The SMILES string of the molecule is COCCn1cc(CC2NC(=O)N(Cc3cn4ccccc4c3C#N)C2=O)nn1. The zero-order chi connectivity index (χ0) is 20.4. The van der Waals surface area contributed by atoms with Crippen LogP contribution >= 0.6 is 0 Å². The number of urea groups is 1. The van der Waals surface area contributed by atoms with Crippen molar-refractivity contribution in [2.75, 3.05) is 13.7 Å². The summed E-state index contributed by atoms with van der Waals surface area (Å²) in [7, 11) is 1.60. The van der Waals surface area contributed by atoms with Crippen LogP contribution in [0.1, 0.15) is 16.8 Å². The molecule has 0 aromatic carbocycles. The first-order valence-corrected chi connectivity index (χ1v) is 9.09. The molecule has 0 bridgehead atoms. The number of carbonyl (C=O) groups excluding carboxylic acids is 2. The fourth-order valence-electron chi connectivity index (χ4n) is 3.40. The molecule has 4 heterocycles. The summed E-state index contributed by atoms with van der Waals surface area (Å²) in [4.78, 5) is 26.3. The minimum atomic E-state index is -0.711. The quantitative estimate of drug-likeness (QED) is 0.591. The molecule has 10 heteroatoms. The molecule has 1 aliphatic heterocycles. The smallest absolute Gasteiger partial charge is 0.325 e. The van der Waals surface area contributed by atoms with E-state index in [2.05, 4.69) is 21.7 Å². The number of fused-ring (bicyclic) bond motifs is 1. The molecule has 148 valence electrons. The van der Waals surface area contributed by atoms with Crippen LogP contribution in [0.4, 0.5) is 4.79 Å². The fraction of sp³-hybridized carbons (Fsp3) is 0.316. The Morgan fingerprint density at radius 2 is 2.17 bits per heavy atom. The monoisotopic (exact) mass is 393 g/mol. The van der Waals surface area contributed by atoms with Crippen LogP contribution in [-0.4, -0.2) is 56.0 Å². The normalized spacial score (nSPS) is 16.4. The highest BCUT2D eigenvalue weighted by Gasteiger charge is 2.38. The van der Waals surface area contributed by atoms with E-state index in [0.29, 0.717) is 30.0 Å². The summed E-state index contributed by atoms with van der Waals surface area (Å²) < 4.78 is 8.44. The first-order chi connectivity index (χ1) is 14.1. The van der Waals surface area contributed by atoms with Crippen molar-refractivity contribution in [2.24, 2.45) is 0 Å². The third-order valence-electron chi connectivity index (χ3n) is 4.83. The van der Waals surface area contributed by atoms with Gasteiger partial charge in [0.05, 0.1) is 36.5 Å². The van der Waals surface area contributed by atoms with Crippen LogP contribution in [0.15, 0.2) is 36.8 Å². The number of carbonyl (C=O) groups is 2. The third-order valence-corrected chi connectivity index (χ3v) is 4.83. The number of hydrogen-bond acceptors (Lipinski definition) is 6. The van der Waals surface area contributed by atoms with Crippen LogP contribution in [0.5, 0.6) is 0 Å². The lowest BCUT2D eigenvalue weighted by Gasteiger charge is -2.12. The van der Waals surface area contributed by atoms with E-state index in [1.54, 1.807) is 24.2 Å². The Hall–Kier alpha value is -3.71. The van der Waals surface area contributed by atoms with Gasteiger partial charge in [0.15, 0.2) is 0 Å². The molecular formula is C19H19N7O3. The van der Waals surface area contributed by atoms with Gasteiger partial charge in [0, 0.05) is 37.7 Å². The molecule has 3 aromatic rings. The maximum Gasteiger partial charge on any atom is 0.325 e. The maximum absolute atomic E-state index is 12.8. The summed E-state index contributed by atoms with van der Waals surface area (Å²) in [5.41, 5.74) is 2.42. The molecule has 29 heavy (non-hydrogen) atoms. The number of amides is 3. The van der Waals surface area contributed by atoms with Gasteiger partial charge in [0.25, 0.3) is 5.91 Å². The summed E-state index contributed by atoms with van der Waals surface area (Å²) in [6, 6.07) is 6.49. The molecule has 1 saturated heterocycles. The number of rotatable bonds is 7. The Balaban J connectivity index is 1.49. The van der Waals surface area contributed by atoms with Crippen LogP contribution in [-0.2, 0) is 29.0 Å². The van der Waals surface area contributed by atoms with Gasteiger partial charge in [-0.05, 0) is 12.1 Å². The van der Waals surface area contributed by atoms with Crippen LogP contribution in [0, 0.1) is 11.3 Å². The Morgan fingerprint density at radius 3 is 2.97 bits per heavy atom. The summed E-state index contributed by atoms with van der Waals surface area (Å²) in [6.45, 7) is 1.09. The Bertz CT molecular complexity index is 1110. The van der Waals surface area contributed by atoms with Crippen molar-refractivity contribution in [3.8, 4) is 6.07 Å². The second-order valence-electron chi connectivity index (χ2n) is 6.73. The van der Waals surface area contributed by atoms with E-state index in [-0.39, 0.29) is 18.9 Å². The lowest BCUT2D eigenvalue weighted by Crippen LogP contribution is -2.32. The minimum Gasteiger partial charge on any atom is -0.383 e. The van der Waals surface area contributed by atoms with Crippen LogP contribution in [0.25, 0.3) is 5.52 Å². The molecule has 0 radical (unpaired) electrons. The number of hydrogen-bond donors (Lipinski definition) is 1. The molecule has 4 rings (SSSR count). The fourth-order valence-corrected chi connectivity index (χ4v) is 3.40. The average molecular weight is 393 g/mol. The van der Waals surface area contributed by atoms with Crippen molar-refractivity contribution in [3.05, 3.63) is 53.6 Å². The number of ether oxygens (including phenoxy) is 1. The van der Waals surface area contributed by atoms with Gasteiger partial charge in [-0.1, -0.05) is 11.3 Å². The highest BCUT2D eigenvalue weighted by atomic mass is 16.5. The van der Waals surface area contributed by atoms with Crippen LogP contribution < -0.4 is 5.32 Å². The Morgan fingerprint density at radius 1 is 1.31 bits per heavy atom. The summed E-state index contributed by atoms with van der Waals surface area (Å²) in [5.74, 6) is -0.347. The molecule has 0 saturated carbocycles. The molecule has 1 aliphatic rings. The summed E-state index contributed by atoms with van der Waals surface area (Å²) in [5, 5.41) is 20.3. The molecule has 1 atom stereocenters. The Labute approximate surface area is 166 Å². The van der Waals surface area contributed by atoms with Crippen molar-refractivity contribution < 1.29 is 14.3 Å². The largest absolute Gasteiger partial charge is 0.383 e. The number of nitrogens with one attached hydrogen (secondary N) is 1. The van der Waals surface area contributed by atoms with Crippen molar-refractivity contribution in [1.82, 2.24) is 29.6 Å². The number of nitrogens with zero attached hydrogens (tertiary/aromatic N) is 6. The van der Waals surface area contributed by atoms with E-state index < -0.39 is 12.1 Å². The van der Waals surface area contributed by atoms with E-state index >= 15 is 0 Å². The first kappa shape index (κ1) is 18.6. The van der Waals surface area contributed by atoms with Crippen molar-refractivity contribution in [3.63, 3.8) is 0 Å². The molecule has 1 N–H and O–H groups in total. The highest BCUT2D eigenvalue weighted by molar-refractivity contribution is 6.04. The molecule has 0 aliphatic carbocycles. The van der Waals surface area contributed by atoms with Crippen molar-refractivity contribution in [2.45, 2.75) is 25.6 Å². The van der Waals surface area contributed by atoms with Crippen LogP contribution in [0.2, 0.25) is 0 Å². The zero-order valence-electron chi connectivity index (χ0n) is 15.8. The van der Waals surface area contributed by atoms with Gasteiger partial charge in [-0.25, -0.2) is 9.48 Å². The van der Waals surface area contributed by atoms with Gasteiger partial charge in [0.2, 0.25) is 0 Å². The first-order valence-electron chi connectivity index (χ1n) is 9.09. The van der Waals surface area contributed by atoms with Gasteiger partial charge < -0.3 is 14.5 Å². The highest BCUT2D eigenvalue weighted by Crippen LogP contribution is 2.21. The van der Waals surface area contributed by atoms with Gasteiger partial charge in [-0.2, -0.15) is 5.26 Å². The zero-order valence-corrected chi connectivity index (χ0v) is 15.8. The van der Waals surface area contributed by atoms with Crippen molar-refractivity contribution >= 4 is 17.5 Å². The number of pyridine rings is 1. The van der Waals surface area contributed by atoms with Gasteiger partial charge in [-0.15, -0.1) is 5.10 Å². The standard InChI is InChI=1S/C19H19N7O3/c1-29-7-6-25-12-14(22-23-25)8-16-18(27)26(19(28)21-16)11-13-10-24-5-3-2-4-17(24)15(13)9-20/h2-5,10,12,16H,6-8,11H2,1H3,(H,21,28). The van der Waals surface area contributed by atoms with Crippen LogP contribution in [0.3, 0.4) is 0 Å². The van der Waals surface area contributed by atoms with Gasteiger partial charge in [-0.3, -0.25) is 9.69 Å². The minimum absolute atomic E-state index is 0.0340. The van der Waals surface area contributed by atoms with Crippen molar-refractivity contribution in [1.29, 1.82) is 5.26 Å². The van der Waals surface area contributed by atoms with E-state index in [1.165, 1.54) is 0 Å². The molecule has 1 fully saturated rings. The lowest BCUT2D eigenvalue weighted by molar-refractivity contribution is -0.127. The topological polar surface area (TPSA) is 118 Å². The Kier molecular flexibility index (Phi) is 4.97. The second-order valence-corrected chi connectivity index (χ2v) is 6.73. The van der Waals surface area contributed by atoms with E-state index in [4.69, 9.17) is 4.74 Å². The summed E-state index contributed by atoms with van der Waals surface area (Å²) in [6.07, 6.45) is 5.57. The van der Waals surface area contributed by atoms with Gasteiger partial charge >= 0.3 is 6.03 Å². The molecular weight excluding hydrogens is 374 g/mol. The molecule has 10 nitrogen and oxygen atoms in total. The molecule has 3 aromatic heterocycles. The number of imide groups is 1. The second kappa shape index (κ2) is 7.73. The lowest BCUT2D eigenvalue weighted by atomic mass is 10.1. The van der Waals surface area contributed by atoms with E-state index in [1.807, 2.05) is 28.8 Å². The molecule has 3 amide bonds. The molecule has 0 spiro atoms. The van der Waals surface area contributed by atoms with E-state index in [9.17, 15) is 14.9 Å². The van der Waals surface area contributed by atoms with Gasteiger partial charge in [0.1, 0.15) is 12.1 Å². The number of nitriles is 1. The third kappa shape index (κ3) is 3.55.